The fraction of sp³-hybridized carbons (Fsp3) is 0.375. The van der Waals surface area contributed by atoms with Crippen molar-refractivity contribution >= 4 is 5.69 Å². The maximum atomic E-state index is 12.2. The minimum absolute atomic E-state index is 0.327. The molecule has 0 amide bonds. The highest BCUT2D eigenvalue weighted by Crippen LogP contribution is 2.30. The van der Waals surface area contributed by atoms with E-state index in [1.54, 1.807) is 0 Å². The van der Waals surface area contributed by atoms with Gasteiger partial charge >= 0.3 is 12.4 Å². The average Bonchev–Trinajstić information content (AvgIpc) is 2.13. The molecule has 0 aliphatic heterocycles. The van der Waals surface area contributed by atoms with Gasteiger partial charge in [-0.25, -0.2) is 0 Å². The number of hydrogen-bond donors (Lipinski definition) is 1. The Labute approximate surface area is 86.3 Å². The second kappa shape index (κ2) is 4.18. The van der Waals surface area contributed by atoms with E-state index in [9.17, 15) is 26.3 Å². The summed E-state index contributed by atoms with van der Waals surface area (Å²) in [4.78, 5) is 3.20. The maximum Gasteiger partial charge on any atom is 0.417 e. The molecule has 0 bridgehead atoms. The van der Waals surface area contributed by atoms with E-state index in [2.05, 4.69) is 4.98 Å². The van der Waals surface area contributed by atoms with E-state index < -0.39 is 24.5 Å². The normalized spacial score (nSPS) is 12.6. The van der Waals surface area contributed by atoms with Crippen molar-refractivity contribution < 1.29 is 26.3 Å². The SMILES string of the molecule is FC(F)(F)CNc1cncc(C(F)(F)F)c1. The van der Waals surface area contributed by atoms with Crippen LogP contribution in [0, 0.1) is 0 Å². The molecule has 8 heteroatoms. The van der Waals surface area contributed by atoms with Crippen LogP contribution in [0.25, 0.3) is 0 Å². The molecule has 0 fully saturated rings. The Bertz CT molecular complexity index is 356. The summed E-state index contributed by atoms with van der Waals surface area (Å²) in [5.41, 5.74) is -1.42. The van der Waals surface area contributed by atoms with E-state index in [0.717, 1.165) is 6.20 Å². The summed E-state index contributed by atoms with van der Waals surface area (Å²) in [6.45, 7) is -1.41. The summed E-state index contributed by atoms with van der Waals surface area (Å²) in [6, 6.07) is 0.568. The van der Waals surface area contributed by atoms with Gasteiger partial charge in [0, 0.05) is 12.4 Å². The molecular weight excluding hydrogens is 238 g/mol. The molecule has 1 N–H and O–H groups in total. The molecule has 0 saturated heterocycles. The number of pyridine rings is 1. The van der Waals surface area contributed by atoms with Crippen molar-refractivity contribution in [3.05, 3.63) is 24.0 Å². The van der Waals surface area contributed by atoms with Gasteiger partial charge in [-0.15, -0.1) is 0 Å². The van der Waals surface area contributed by atoms with E-state index in [1.165, 1.54) is 0 Å². The van der Waals surface area contributed by atoms with Crippen LogP contribution in [0.4, 0.5) is 32.0 Å². The molecule has 0 atom stereocenters. The summed E-state index contributed by atoms with van der Waals surface area (Å²) >= 11 is 0. The molecule has 0 aliphatic carbocycles. The van der Waals surface area contributed by atoms with Crippen LogP contribution in [0.1, 0.15) is 5.56 Å². The molecule has 90 valence electrons. The highest BCUT2D eigenvalue weighted by molar-refractivity contribution is 5.43. The highest BCUT2D eigenvalue weighted by atomic mass is 19.4. The Morgan fingerprint density at radius 1 is 1.06 bits per heavy atom. The van der Waals surface area contributed by atoms with Crippen LogP contribution in [0.3, 0.4) is 0 Å². The molecular formula is C8H6F6N2. The molecule has 0 radical (unpaired) electrons. The lowest BCUT2D eigenvalue weighted by Gasteiger charge is -2.11. The van der Waals surface area contributed by atoms with Crippen molar-refractivity contribution in [2.24, 2.45) is 0 Å². The fourth-order valence-corrected chi connectivity index (χ4v) is 0.894. The van der Waals surface area contributed by atoms with Gasteiger partial charge in [-0.2, -0.15) is 26.3 Å². The third kappa shape index (κ3) is 3.95. The molecule has 1 aromatic heterocycles. The van der Waals surface area contributed by atoms with Crippen LogP contribution in [0.5, 0.6) is 0 Å². The average molecular weight is 244 g/mol. The first kappa shape index (κ1) is 12.6. The van der Waals surface area contributed by atoms with Crippen LogP contribution >= 0.6 is 0 Å². The zero-order valence-corrected chi connectivity index (χ0v) is 7.65. The first-order valence-corrected chi connectivity index (χ1v) is 4.01. The zero-order valence-electron chi connectivity index (χ0n) is 7.65. The predicted octanol–water partition coefficient (Wildman–Crippen LogP) is 3.07. The van der Waals surface area contributed by atoms with Crippen LogP contribution < -0.4 is 5.32 Å². The van der Waals surface area contributed by atoms with Gasteiger partial charge in [-0.05, 0) is 6.07 Å². The van der Waals surface area contributed by atoms with Crippen molar-refractivity contribution in [2.75, 3.05) is 11.9 Å². The van der Waals surface area contributed by atoms with Gasteiger partial charge in [-0.1, -0.05) is 0 Å². The smallest absolute Gasteiger partial charge is 0.375 e. The molecule has 0 aliphatic rings. The number of halogens is 6. The first-order valence-electron chi connectivity index (χ1n) is 4.01. The third-order valence-electron chi connectivity index (χ3n) is 1.56. The lowest BCUT2D eigenvalue weighted by molar-refractivity contribution is -0.137. The number of anilines is 1. The van der Waals surface area contributed by atoms with Crippen LogP contribution in [0.15, 0.2) is 18.5 Å². The maximum absolute atomic E-state index is 12.2. The predicted molar refractivity (Wildman–Crippen MR) is 43.8 cm³/mol. The van der Waals surface area contributed by atoms with Crippen LogP contribution in [0.2, 0.25) is 0 Å². The van der Waals surface area contributed by atoms with E-state index in [4.69, 9.17) is 0 Å². The third-order valence-corrected chi connectivity index (χ3v) is 1.56. The van der Waals surface area contributed by atoms with Crippen molar-refractivity contribution in [1.82, 2.24) is 4.98 Å². The Hall–Kier alpha value is -1.47. The Balaban J connectivity index is 2.76. The monoisotopic (exact) mass is 244 g/mol. The number of rotatable bonds is 2. The molecule has 2 nitrogen and oxygen atoms in total. The Kier molecular flexibility index (Phi) is 3.30. The molecule has 0 unspecified atom stereocenters. The second-order valence-corrected chi connectivity index (χ2v) is 2.93. The summed E-state index contributed by atoms with van der Waals surface area (Å²) < 4.78 is 71.8. The molecule has 1 aromatic rings. The first-order chi connectivity index (χ1) is 7.18. The standard InChI is InChI=1S/C8H6F6N2/c9-7(10,11)4-16-6-1-5(2-15-3-6)8(12,13)14/h1-3,16H,4H2. The number of aromatic nitrogens is 1. The second-order valence-electron chi connectivity index (χ2n) is 2.93. The van der Waals surface area contributed by atoms with Gasteiger partial charge in [0.25, 0.3) is 0 Å². The summed E-state index contributed by atoms with van der Waals surface area (Å²) in [5.74, 6) is 0. The van der Waals surface area contributed by atoms with Crippen LogP contribution in [-0.4, -0.2) is 17.7 Å². The highest BCUT2D eigenvalue weighted by Gasteiger charge is 2.31. The topological polar surface area (TPSA) is 24.9 Å². The van der Waals surface area contributed by atoms with E-state index in [0.29, 0.717) is 12.3 Å². The van der Waals surface area contributed by atoms with Gasteiger partial charge < -0.3 is 5.32 Å². The fourth-order valence-electron chi connectivity index (χ4n) is 0.894. The van der Waals surface area contributed by atoms with Crippen molar-refractivity contribution in [3.63, 3.8) is 0 Å². The summed E-state index contributed by atoms with van der Waals surface area (Å²) in [7, 11) is 0. The minimum atomic E-state index is -4.62. The van der Waals surface area contributed by atoms with Gasteiger partial charge in [0.05, 0.1) is 11.3 Å². The van der Waals surface area contributed by atoms with Crippen molar-refractivity contribution in [2.45, 2.75) is 12.4 Å². The number of hydrogen-bond acceptors (Lipinski definition) is 2. The molecule has 0 aromatic carbocycles. The van der Waals surface area contributed by atoms with E-state index >= 15 is 0 Å². The lowest BCUT2D eigenvalue weighted by Crippen LogP contribution is -2.21. The van der Waals surface area contributed by atoms with E-state index in [-0.39, 0.29) is 5.69 Å². The van der Waals surface area contributed by atoms with Crippen molar-refractivity contribution in [1.29, 1.82) is 0 Å². The molecule has 16 heavy (non-hydrogen) atoms. The van der Waals surface area contributed by atoms with Gasteiger partial charge in [0.15, 0.2) is 0 Å². The summed E-state index contributed by atoms with van der Waals surface area (Å²) in [5, 5.41) is 1.81. The quantitative estimate of drug-likeness (QED) is 0.808. The van der Waals surface area contributed by atoms with Gasteiger partial charge in [0.2, 0.25) is 0 Å². The van der Waals surface area contributed by atoms with Crippen LogP contribution in [-0.2, 0) is 6.18 Å². The number of alkyl halides is 6. The number of nitrogens with zero attached hydrogens (tertiary/aromatic N) is 1. The lowest BCUT2D eigenvalue weighted by atomic mass is 10.2. The van der Waals surface area contributed by atoms with Gasteiger partial charge in [0.1, 0.15) is 6.54 Å². The zero-order chi connectivity index (χ0) is 12.4. The summed E-state index contributed by atoms with van der Waals surface area (Å²) in [6.07, 6.45) is -7.68. The van der Waals surface area contributed by atoms with Crippen molar-refractivity contribution in [3.8, 4) is 0 Å². The molecule has 0 saturated carbocycles. The largest absolute Gasteiger partial charge is 0.417 e. The Morgan fingerprint density at radius 2 is 1.69 bits per heavy atom. The van der Waals surface area contributed by atoms with Gasteiger partial charge in [-0.3, -0.25) is 4.98 Å². The number of nitrogens with one attached hydrogen (secondary N) is 1. The Morgan fingerprint density at radius 3 is 2.19 bits per heavy atom. The minimum Gasteiger partial charge on any atom is -0.375 e. The molecule has 1 heterocycles. The molecule has 1 rings (SSSR count). The van der Waals surface area contributed by atoms with E-state index in [1.807, 2.05) is 5.32 Å². The molecule has 0 spiro atoms.